The zero-order valence-corrected chi connectivity index (χ0v) is 19.4. The van der Waals surface area contributed by atoms with Gasteiger partial charge in [0.1, 0.15) is 5.75 Å². The van der Waals surface area contributed by atoms with Gasteiger partial charge < -0.3 is 4.74 Å². The van der Waals surface area contributed by atoms with Crippen LogP contribution in [0.3, 0.4) is 0 Å². The fourth-order valence-electron chi connectivity index (χ4n) is 2.92. The Morgan fingerprint density at radius 1 is 1.23 bits per heavy atom. The van der Waals surface area contributed by atoms with Crippen LogP contribution in [0.2, 0.25) is 5.02 Å². The fourth-order valence-corrected chi connectivity index (χ4v) is 5.36. The van der Waals surface area contributed by atoms with E-state index in [0.717, 1.165) is 28.2 Å². The molecule has 3 rings (SSSR count). The third-order valence-corrected chi connectivity index (χ3v) is 7.51. The van der Waals surface area contributed by atoms with Crippen LogP contribution in [0.5, 0.6) is 5.75 Å². The average molecular weight is 481 g/mol. The number of sulfonamides is 1. The van der Waals surface area contributed by atoms with Crippen molar-refractivity contribution in [3.8, 4) is 5.75 Å². The van der Waals surface area contributed by atoms with Crippen molar-refractivity contribution in [2.45, 2.75) is 30.6 Å². The second-order valence-corrected chi connectivity index (χ2v) is 9.89. The van der Waals surface area contributed by atoms with Gasteiger partial charge in [-0.15, -0.1) is 10.2 Å². The van der Waals surface area contributed by atoms with Gasteiger partial charge in [0.2, 0.25) is 9.47 Å². The molecular formula is C20H21ClN4O4S2. The molecule has 1 atom stereocenters. The summed E-state index contributed by atoms with van der Waals surface area (Å²) in [6.07, 6.45) is 0.528. The number of carbonyl (C=O) groups is 1. The summed E-state index contributed by atoms with van der Waals surface area (Å²) in [5.74, 6) is 0.225. The largest absolute Gasteiger partial charge is 0.496 e. The average Bonchev–Trinajstić information content (AvgIpc) is 3.21. The summed E-state index contributed by atoms with van der Waals surface area (Å²) in [7, 11) is -2.37. The van der Waals surface area contributed by atoms with E-state index in [-0.39, 0.29) is 20.1 Å². The zero-order chi connectivity index (χ0) is 22.6. The maximum atomic E-state index is 12.8. The number of methoxy groups -OCH3 is 1. The number of aromatic nitrogens is 2. The highest BCUT2D eigenvalue weighted by Crippen LogP contribution is 2.27. The normalized spacial score (nSPS) is 12.4. The predicted octanol–water partition coefficient (Wildman–Crippen LogP) is 4.19. The SMILES string of the molecule is CC[C@H](NS(=O)(=O)c1nnc(NC(=O)c2ccccc2Cl)s1)c1ccc(OC)c(C)c1. The van der Waals surface area contributed by atoms with Crippen LogP contribution in [-0.2, 0) is 10.0 Å². The van der Waals surface area contributed by atoms with E-state index in [2.05, 4.69) is 20.2 Å². The van der Waals surface area contributed by atoms with Crippen LogP contribution < -0.4 is 14.8 Å². The van der Waals surface area contributed by atoms with E-state index in [4.69, 9.17) is 16.3 Å². The number of halogens is 1. The van der Waals surface area contributed by atoms with E-state index >= 15 is 0 Å². The Balaban J connectivity index is 1.76. The summed E-state index contributed by atoms with van der Waals surface area (Å²) in [5, 5.41) is 10.4. The minimum atomic E-state index is -3.95. The molecule has 0 unspecified atom stereocenters. The molecule has 0 saturated heterocycles. The predicted molar refractivity (Wildman–Crippen MR) is 120 cm³/mol. The van der Waals surface area contributed by atoms with Crippen LogP contribution in [0.4, 0.5) is 5.13 Å². The van der Waals surface area contributed by atoms with Gasteiger partial charge in [-0.05, 0) is 42.7 Å². The van der Waals surface area contributed by atoms with Crippen LogP contribution in [-0.4, -0.2) is 31.6 Å². The van der Waals surface area contributed by atoms with E-state index in [1.807, 2.05) is 26.0 Å². The Bertz CT molecular complexity index is 1200. The molecule has 8 nitrogen and oxygen atoms in total. The Hall–Kier alpha value is -2.53. The molecule has 0 bridgehead atoms. The molecule has 164 valence electrons. The molecule has 0 aliphatic rings. The summed E-state index contributed by atoms with van der Waals surface area (Å²) >= 11 is 6.78. The van der Waals surface area contributed by atoms with E-state index < -0.39 is 22.0 Å². The van der Waals surface area contributed by atoms with E-state index in [0.29, 0.717) is 6.42 Å². The number of ether oxygens (including phenoxy) is 1. The first kappa shape index (κ1) is 23.1. The van der Waals surface area contributed by atoms with Crippen molar-refractivity contribution in [1.29, 1.82) is 0 Å². The van der Waals surface area contributed by atoms with Crippen molar-refractivity contribution in [2.24, 2.45) is 0 Å². The van der Waals surface area contributed by atoms with Crippen LogP contribution in [0.25, 0.3) is 0 Å². The molecule has 1 aromatic heterocycles. The van der Waals surface area contributed by atoms with Crippen LogP contribution >= 0.6 is 22.9 Å². The van der Waals surface area contributed by atoms with Crippen molar-refractivity contribution < 1.29 is 17.9 Å². The maximum absolute atomic E-state index is 12.8. The lowest BCUT2D eigenvalue weighted by Crippen LogP contribution is -2.28. The zero-order valence-electron chi connectivity index (χ0n) is 17.0. The van der Waals surface area contributed by atoms with E-state index in [9.17, 15) is 13.2 Å². The van der Waals surface area contributed by atoms with Gasteiger partial charge in [-0.25, -0.2) is 13.1 Å². The first-order chi connectivity index (χ1) is 14.7. The summed E-state index contributed by atoms with van der Waals surface area (Å²) < 4.78 is 33.4. The van der Waals surface area contributed by atoms with Crippen molar-refractivity contribution in [3.63, 3.8) is 0 Å². The number of benzene rings is 2. The number of carbonyl (C=O) groups excluding carboxylic acids is 1. The molecule has 0 spiro atoms. The van der Waals surface area contributed by atoms with Gasteiger partial charge >= 0.3 is 0 Å². The van der Waals surface area contributed by atoms with Gasteiger partial charge in [-0.2, -0.15) is 0 Å². The monoisotopic (exact) mass is 480 g/mol. The van der Waals surface area contributed by atoms with Crippen molar-refractivity contribution in [3.05, 3.63) is 64.2 Å². The maximum Gasteiger partial charge on any atom is 0.270 e. The quantitative estimate of drug-likeness (QED) is 0.468. The number of anilines is 1. The van der Waals surface area contributed by atoms with Gasteiger partial charge in [-0.3, -0.25) is 10.1 Å². The molecule has 0 radical (unpaired) electrons. The van der Waals surface area contributed by atoms with Gasteiger partial charge in [0.15, 0.2) is 0 Å². The van der Waals surface area contributed by atoms with Crippen LogP contribution in [0.1, 0.15) is 40.9 Å². The number of nitrogens with one attached hydrogen (secondary N) is 2. The number of nitrogens with zero attached hydrogens (tertiary/aromatic N) is 2. The van der Waals surface area contributed by atoms with Gasteiger partial charge in [-0.1, -0.05) is 54.1 Å². The lowest BCUT2D eigenvalue weighted by molar-refractivity contribution is 0.102. The molecule has 1 amide bonds. The molecule has 31 heavy (non-hydrogen) atoms. The molecule has 0 saturated carbocycles. The third-order valence-electron chi connectivity index (χ3n) is 4.50. The lowest BCUT2D eigenvalue weighted by atomic mass is 10.0. The standard InChI is InChI=1S/C20H21ClN4O4S2/c1-4-16(13-9-10-17(29-3)12(2)11-13)25-31(27,28)20-24-23-19(30-20)22-18(26)14-7-5-6-8-15(14)21/h5-11,16,25H,4H2,1-3H3,(H,22,23,26)/t16-/m0/s1. The highest BCUT2D eigenvalue weighted by molar-refractivity contribution is 7.91. The molecule has 0 aliphatic heterocycles. The van der Waals surface area contributed by atoms with Gasteiger partial charge in [0.05, 0.1) is 17.7 Å². The topological polar surface area (TPSA) is 110 Å². The summed E-state index contributed by atoms with van der Waals surface area (Å²) in [6.45, 7) is 3.77. The summed E-state index contributed by atoms with van der Waals surface area (Å²) in [6, 6.07) is 11.6. The summed E-state index contributed by atoms with van der Waals surface area (Å²) in [5.41, 5.74) is 1.96. The van der Waals surface area contributed by atoms with Crippen LogP contribution in [0.15, 0.2) is 46.8 Å². The summed E-state index contributed by atoms with van der Waals surface area (Å²) in [4.78, 5) is 12.4. The fraction of sp³-hybridized carbons (Fsp3) is 0.250. The highest BCUT2D eigenvalue weighted by Gasteiger charge is 2.25. The number of rotatable bonds is 8. The Labute approximate surface area is 189 Å². The van der Waals surface area contributed by atoms with Gasteiger partial charge in [0, 0.05) is 6.04 Å². The molecule has 2 N–H and O–H groups in total. The number of hydrogen-bond acceptors (Lipinski definition) is 7. The first-order valence-corrected chi connectivity index (χ1v) is 12.0. The second-order valence-electron chi connectivity index (χ2n) is 6.62. The Kier molecular flexibility index (Phi) is 7.26. The Morgan fingerprint density at radius 2 is 1.97 bits per heavy atom. The van der Waals surface area contributed by atoms with Crippen LogP contribution in [0, 0.1) is 6.92 Å². The van der Waals surface area contributed by atoms with Crippen molar-refractivity contribution >= 4 is 44.0 Å². The van der Waals surface area contributed by atoms with Gasteiger partial charge in [0.25, 0.3) is 15.9 Å². The smallest absolute Gasteiger partial charge is 0.270 e. The second kappa shape index (κ2) is 9.73. The van der Waals surface area contributed by atoms with Crippen molar-refractivity contribution in [1.82, 2.24) is 14.9 Å². The molecule has 1 heterocycles. The van der Waals surface area contributed by atoms with E-state index in [1.165, 1.54) is 0 Å². The number of aryl methyl sites for hydroxylation is 1. The third kappa shape index (κ3) is 5.40. The minimum Gasteiger partial charge on any atom is -0.496 e. The minimum absolute atomic E-state index is 0.0543. The number of amides is 1. The van der Waals surface area contributed by atoms with Crippen molar-refractivity contribution in [2.75, 3.05) is 12.4 Å². The van der Waals surface area contributed by atoms with E-state index in [1.54, 1.807) is 37.4 Å². The lowest BCUT2D eigenvalue weighted by Gasteiger charge is -2.17. The molecule has 0 aliphatic carbocycles. The first-order valence-electron chi connectivity index (χ1n) is 9.31. The molecule has 2 aromatic carbocycles. The number of hydrogen-bond donors (Lipinski definition) is 2. The molecule has 11 heteroatoms. The molecule has 3 aromatic rings. The molecule has 0 fully saturated rings. The molecular weight excluding hydrogens is 460 g/mol. The Morgan fingerprint density at radius 3 is 2.61 bits per heavy atom. The highest BCUT2D eigenvalue weighted by atomic mass is 35.5.